The van der Waals surface area contributed by atoms with Gasteiger partial charge < -0.3 is 10.2 Å². The maximum Gasteiger partial charge on any atom is 0.404 e. The first-order valence-electron chi connectivity index (χ1n) is 6.43. The van der Waals surface area contributed by atoms with Gasteiger partial charge in [0.15, 0.2) is 5.41 Å². The summed E-state index contributed by atoms with van der Waals surface area (Å²) in [5.74, 6) is -0.758. The Bertz CT molecular complexity index is 318. The molecule has 1 aliphatic carbocycles. The number of hydrogen-bond donors (Lipinski definition) is 1. The van der Waals surface area contributed by atoms with Gasteiger partial charge in [0.1, 0.15) is 0 Å². The van der Waals surface area contributed by atoms with Crippen molar-refractivity contribution in [1.29, 1.82) is 0 Å². The molecule has 6 heteroatoms. The fraction of sp³-hybridized carbons (Fsp3) is 0.917. The molecule has 3 nitrogen and oxygen atoms in total. The van der Waals surface area contributed by atoms with Gasteiger partial charge in [0.05, 0.1) is 0 Å². The molecule has 1 heterocycles. The maximum absolute atomic E-state index is 13.2. The van der Waals surface area contributed by atoms with Crippen molar-refractivity contribution >= 4 is 5.91 Å². The minimum atomic E-state index is -4.47. The van der Waals surface area contributed by atoms with Crippen molar-refractivity contribution in [1.82, 2.24) is 10.2 Å². The average Bonchev–Trinajstić information content (AvgIpc) is 2.97. The molecule has 18 heavy (non-hydrogen) atoms. The van der Waals surface area contributed by atoms with Crippen LogP contribution >= 0.6 is 0 Å². The van der Waals surface area contributed by atoms with E-state index in [0.717, 1.165) is 25.7 Å². The third-order valence-corrected chi connectivity index (χ3v) is 4.30. The summed E-state index contributed by atoms with van der Waals surface area (Å²) >= 11 is 0. The van der Waals surface area contributed by atoms with Gasteiger partial charge in [-0.1, -0.05) is 12.8 Å². The SMILES string of the molecule is CN(C(=O)C1(C(F)(F)F)CCNC1)C1CCCC1. The molecule has 1 aliphatic heterocycles. The summed E-state index contributed by atoms with van der Waals surface area (Å²) in [6, 6.07) is -0.0164. The molecule has 0 aromatic rings. The Hall–Kier alpha value is -0.780. The van der Waals surface area contributed by atoms with Crippen LogP contribution in [0.1, 0.15) is 32.1 Å². The van der Waals surface area contributed by atoms with Crippen LogP contribution in [0.5, 0.6) is 0 Å². The van der Waals surface area contributed by atoms with E-state index in [1.54, 1.807) is 0 Å². The van der Waals surface area contributed by atoms with Crippen LogP contribution in [0.3, 0.4) is 0 Å². The minimum absolute atomic E-state index is 0.0164. The summed E-state index contributed by atoms with van der Waals surface area (Å²) < 4.78 is 39.7. The van der Waals surface area contributed by atoms with Gasteiger partial charge in [-0.3, -0.25) is 4.79 Å². The molecule has 2 rings (SSSR count). The Balaban J connectivity index is 2.18. The molecule has 104 valence electrons. The molecule has 1 atom stereocenters. The standard InChI is InChI=1S/C12H19F3N2O/c1-17(9-4-2-3-5-9)10(18)11(12(13,14)15)6-7-16-8-11/h9,16H,2-8H2,1H3. The molecule has 0 radical (unpaired) electrons. The zero-order valence-electron chi connectivity index (χ0n) is 10.5. The van der Waals surface area contributed by atoms with Gasteiger partial charge in [-0.25, -0.2) is 0 Å². The first kappa shape index (κ1) is 13.6. The van der Waals surface area contributed by atoms with Crippen molar-refractivity contribution in [2.75, 3.05) is 20.1 Å². The lowest BCUT2D eigenvalue weighted by atomic mass is 9.84. The Kier molecular flexibility index (Phi) is 3.58. The summed E-state index contributed by atoms with van der Waals surface area (Å²) in [5.41, 5.74) is -2.20. The third kappa shape index (κ3) is 2.11. The molecule has 1 amide bonds. The first-order chi connectivity index (χ1) is 8.38. The fourth-order valence-corrected chi connectivity index (χ4v) is 3.03. The number of rotatable bonds is 2. The molecule has 2 aliphatic rings. The second kappa shape index (κ2) is 4.72. The highest BCUT2D eigenvalue weighted by atomic mass is 19.4. The second-order valence-electron chi connectivity index (χ2n) is 5.36. The van der Waals surface area contributed by atoms with E-state index in [-0.39, 0.29) is 25.6 Å². The van der Waals surface area contributed by atoms with E-state index in [0.29, 0.717) is 0 Å². The van der Waals surface area contributed by atoms with E-state index in [1.807, 2.05) is 0 Å². The molecule has 0 bridgehead atoms. The molecule has 1 saturated carbocycles. The van der Waals surface area contributed by atoms with Crippen LogP contribution in [0.15, 0.2) is 0 Å². The fourth-order valence-electron chi connectivity index (χ4n) is 3.03. The van der Waals surface area contributed by atoms with Crippen LogP contribution in [-0.2, 0) is 4.79 Å². The van der Waals surface area contributed by atoms with E-state index in [2.05, 4.69) is 5.32 Å². The first-order valence-corrected chi connectivity index (χ1v) is 6.43. The van der Waals surface area contributed by atoms with Gasteiger partial charge in [-0.05, 0) is 25.8 Å². The van der Waals surface area contributed by atoms with E-state index < -0.39 is 17.5 Å². The van der Waals surface area contributed by atoms with Gasteiger partial charge in [0.2, 0.25) is 5.91 Å². The quantitative estimate of drug-likeness (QED) is 0.826. The van der Waals surface area contributed by atoms with Crippen molar-refractivity contribution < 1.29 is 18.0 Å². The minimum Gasteiger partial charge on any atom is -0.342 e. The Morgan fingerprint density at radius 1 is 1.33 bits per heavy atom. The van der Waals surface area contributed by atoms with E-state index in [1.165, 1.54) is 11.9 Å². The summed E-state index contributed by atoms with van der Waals surface area (Å²) in [6.45, 7) is -0.0316. The number of nitrogens with zero attached hydrogens (tertiary/aromatic N) is 1. The van der Waals surface area contributed by atoms with Crippen molar-refractivity contribution in [2.45, 2.75) is 44.3 Å². The van der Waals surface area contributed by atoms with Gasteiger partial charge >= 0.3 is 6.18 Å². The Morgan fingerprint density at radius 2 is 1.94 bits per heavy atom. The van der Waals surface area contributed by atoms with Crippen LogP contribution in [0.2, 0.25) is 0 Å². The smallest absolute Gasteiger partial charge is 0.342 e. The van der Waals surface area contributed by atoms with Gasteiger partial charge in [0.25, 0.3) is 0 Å². The van der Waals surface area contributed by atoms with Crippen LogP contribution in [0.25, 0.3) is 0 Å². The van der Waals surface area contributed by atoms with Crippen molar-refractivity contribution in [3.05, 3.63) is 0 Å². The number of amides is 1. The molecule has 0 aromatic carbocycles. The predicted octanol–water partition coefficient (Wildman–Crippen LogP) is 1.93. The molecule has 1 saturated heterocycles. The van der Waals surface area contributed by atoms with Crippen LogP contribution in [0, 0.1) is 5.41 Å². The highest BCUT2D eigenvalue weighted by Crippen LogP contribution is 2.45. The number of nitrogens with one attached hydrogen (secondary N) is 1. The number of hydrogen-bond acceptors (Lipinski definition) is 2. The van der Waals surface area contributed by atoms with Gasteiger partial charge in [-0.2, -0.15) is 13.2 Å². The van der Waals surface area contributed by atoms with E-state index >= 15 is 0 Å². The molecular weight excluding hydrogens is 245 g/mol. The lowest BCUT2D eigenvalue weighted by Crippen LogP contribution is -2.54. The topological polar surface area (TPSA) is 32.3 Å². The van der Waals surface area contributed by atoms with Gasteiger partial charge in [-0.15, -0.1) is 0 Å². The van der Waals surface area contributed by atoms with Crippen molar-refractivity contribution in [3.63, 3.8) is 0 Å². The molecule has 1 N–H and O–H groups in total. The molecule has 0 spiro atoms. The Morgan fingerprint density at radius 3 is 2.39 bits per heavy atom. The second-order valence-corrected chi connectivity index (χ2v) is 5.36. The average molecular weight is 264 g/mol. The van der Waals surface area contributed by atoms with Gasteiger partial charge in [0, 0.05) is 19.6 Å². The molecule has 0 aromatic heterocycles. The summed E-state index contributed by atoms with van der Waals surface area (Å²) in [6.07, 6.45) is -0.973. The molecule has 1 unspecified atom stereocenters. The zero-order chi connectivity index (χ0) is 13.4. The zero-order valence-corrected chi connectivity index (χ0v) is 10.5. The van der Waals surface area contributed by atoms with Crippen LogP contribution in [0.4, 0.5) is 13.2 Å². The maximum atomic E-state index is 13.2. The van der Waals surface area contributed by atoms with E-state index in [4.69, 9.17) is 0 Å². The normalized spacial score (nSPS) is 29.8. The van der Waals surface area contributed by atoms with E-state index in [9.17, 15) is 18.0 Å². The van der Waals surface area contributed by atoms with Crippen molar-refractivity contribution in [3.8, 4) is 0 Å². The highest BCUT2D eigenvalue weighted by Gasteiger charge is 2.62. The Labute approximate surface area is 105 Å². The lowest BCUT2D eigenvalue weighted by Gasteiger charge is -2.36. The third-order valence-electron chi connectivity index (χ3n) is 4.30. The summed E-state index contributed by atoms with van der Waals surface area (Å²) in [7, 11) is 1.52. The monoisotopic (exact) mass is 264 g/mol. The van der Waals surface area contributed by atoms with Crippen LogP contribution in [-0.4, -0.2) is 43.2 Å². The lowest BCUT2D eigenvalue weighted by molar-refractivity contribution is -0.222. The summed E-state index contributed by atoms with van der Waals surface area (Å²) in [4.78, 5) is 13.6. The number of alkyl halides is 3. The van der Waals surface area contributed by atoms with Crippen molar-refractivity contribution in [2.24, 2.45) is 5.41 Å². The number of carbonyl (C=O) groups is 1. The number of halogens is 3. The molecule has 2 fully saturated rings. The highest BCUT2D eigenvalue weighted by molar-refractivity contribution is 5.84. The largest absolute Gasteiger partial charge is 0.404 e. The number of carbonyl (C=O) groups excluding carboxylic acids is 1. The predicted molar refractivity (Wildman–Crippen MR) is 61.0 cm³/mol. The molecular formula is C12H19F3N2O. The van der Waals surface area contributed by atoms with Crippen LogP contribution < -0.4 is 5.32 Å². The summed E-state index contributed by atoms with van der Waals surface area (Å²) in [5, 5.41) is 2.68.